The summed E-state index contributed by atoms with van der Waals surface area (Å²) in [4.78, 5) is 13.0. The zero-order valence-corrected chi connectivity index (χ0v) is 17.3. The number of benzene rings is 1. The molecule has 0 spiro atoms. The number of nitrogens with zero attached hydrogens (tertiary/aromatic N) is 1. The van der Waals surface area contributed by atoms with Crippen LogP contribution in [0, 0.1) is 16.7 Å². The lowest BCUT2D eigenvalue weighted by Gasteiger charge is -2.50. The highest BCUT2D eigenvalue weighted by Gasteiger charge is 2.49. The highest BCUT2D eigenvalue weighted by atomic mass is 32.2. The number of hydrogen-bond donors (Lipinski definition) is 2. The number of carbonyl (C=O) groups excluding carboxylic acids is 1. The molecule has 158 valence electrons. The minimum atomic E-state index is -4.51. The number of anilines is 1. The summed E-state index contributed by atoms with van der Waals surface area (Å²) in [5, 5.41) is 12.5. The van der Waals surface area contributed by atoms with E-state index in [0.29, 0.717) is 24.9 Å². The number of nitrogens with one attached hydrogen (secondary N) is 2. The van der Waals surface area contributed by atoms with Gasteiger partial charge < -0.3 is 10.0 Å². The van der Waals surface area contributed by atoms with Crippen LogP contribution in [0.4, 0.5) is 18.9 Å². The first kappa shape index (κ1) is 21.8. The summed E-state index contributed by atoms with van der Waals surface area (Å²) in [7, 11) is 0. The van der Waals surface area contributed by atoms with Gasteiger partial charge >= 0.3 is 6.18 Å². The van der Waals surface area contributed by atoms with Crippen molar-refractivity contribution in [2.24, 2.45) is 5.41 Å². The summed E-state index contributed by atoms with van der Waals surface area (Å²) < 4.78 is 42.7. The van der Waals surface area contributed by atoms with Crippen molar-refractivity contribution < 1.29 is 18.0 Å². The third-order valence-electron chi connectivity index (χ3n) is 6.24. The van der Waals surface area contributed by atoms with Crippen molar-refractivity contribution in [1.82, 2.24) is 5.32 Å². The van der Waals surface area contributed by atoms with Gasteiger partial charge in [-0.3, -0.25) is 4.79 Å². The third kappa shape index (κ3) is 4.82. The van der Waals surface area contributed by atoms with Gasteiger partial charge in [0.05, 0.1) is 28.3 Å². The molecule has 3 saturated carbocycles. The first-order valence-corrected chi connectivity index (χ1v) is 11.0. The number of halogens is 3. The molecule has 0 radical (unpaired) electrons. The maximum Gasteiger partial charge on any atom is 0.416 e. The Hall–Kier alpha value is -1.88. The second kappa shape index (κ2) is 8.47. The van der Waals surface area contributed by atoms with Gasteiger partial charge in [-0.05, 0) is 63.1 Å². The van der Waals surface area contributed by atoms with Crippen molar-refractivity contribution in [3.63, 3.8) is 0 Å². The fraction of sp³-hybridized carbons (Fsp3) is 0.619. The number of hydrogen-bond acceptors (Lipinski definition) is 4. The monoisotopic (exact) mass is 425 g/mol. The van der Waals surface area contributed by atoms with Gasteiger partial charge in [0.25, 0.3) is 5.91 Å². The number of rotatable bonds is 7. The van der Waals surface area contributed by atoms with E-state index in [1.807, 2.05) is 0 Å². The summed E-state index contributed by atoms with van der Waals surface area (Å²) in [6.45, 7) is 2.06. The van der Waals surface area contributed by atoms with Crippen LogP contribution in [0.25, 0.3) is 0 Å². The average molecular weight is 426 g/mol. The normalized spacial score (nSPS) is 26.0. The lowest BCUT2D eigenvalue weighted by molar-refractivity contribution is -0.137. The first-order chi connectivity index (χ1) is 13.7. The van der Waals surface area contributed by atoms with Crippen LogP contribution in [0.3, 0.4) is 0 Å². The molecule has 3 fully saturated rings. The Morgan fingerprint density at radius 1 is 1.21 bits per heavy atom. The lowest BCUT2D eigenvalue weighted by atomic mass is 9.58. The molecule has 3 aliphatic carbocycles. The third-order valence-corrected chi connectivity index (χ3v) is 7.09. The molecule has 0 saturated heterocycles. The van der Waals surface area contributed by atoms with Gasteiger partial charge in [-0.15, -0.1) is 0 Å². The van der Waals surface area contributed by atoms with Crippen LogP contribution in [-0.4, -0.2) is 17.2 Å². The lowest BCUT2D eigenvalue weighted by Crippen LogP contribution is -2.56. The molecule has 29 heavy (non-hydrogen) atoms. The number of carbonyl (C=O) groups is 1. The van der Waals surface area contributed by atoms with Crippen molar-refractivity contribution in [1.29, 1.82) is 5.26 Å². The topological polar surface area (TPSA) is 64.9 Å². The maximum absolute atomic E-state index is 13.2. The Bertz CT molecular complexity index is 779. The fourth-order valence-corrected chi connectivity index (χ4v) is 5.06. The molecule has 0 heterocycles. The van der Waals surface area contributed by atoms with Crippen LogP contribution in [-0.2, 0) is 6.18 Å². The Morgan fingerprint density at radius 2 is 1.86 bits per heavy atom. The summed E-state index contributed by atoms with van der Waals surface area (Å²) in [6, 6.07) is 5.68. The summed E-state index contributed by atoms with van der Waals surface area (Å²) in [5.41, 5.74) is -1.13. The van der Waals surface area contributed by atoms with Crippen molar-refractivity contribution in [3.8, 4) is 6.07 Å². The number of amides is 1. The van der Waals surface area contributed by atoms with Crippen LogP contribution in [0.1, 0.15) is 74.2 Å². The molecule has 0 unspecified atom stereocenters. The van der Waals surface area contributed by atoms with E-state index in [1.54, 1.807) is 0 Å². The van der Waals surface area contributed by atoms with Crippen molar-refractivity contribution >= 4 is 23.5 Å². The van der Waals surface area contributed by atoms with Gasteiger partial charge in [0.2, 0.25) is 0 Å². The van der Waals surface area contributed by atoms with Crippen molar-refractivity contribution in [3.05, 3.63) is 29.3 Å². The van der Waals surface area contributed by atoms with E-state index in [-0.39, 0.29) is 11.0 Å². The van der Waals surface area contributed by atoms with E-state index in [1.165, 1.54) is 18.0 Å². The molecule has 2 bridgehead atoms. The van der Waals surface area contributed by atoms with Crippen LogP contribution < -0.4 is 10.0 Å². The predicted molar refractivity (Wildman–Crippen MR) is 108 cm³/mol. The average Bonchev–Trinajstić information content (AvgIpc) is 2.71. The van der Waals surface area contributed by atoms with E-state index in [4.69, 9.17) is 0 Å². The van der Waals surface area contributed by atoms with Crippen LogP contribution in [0.5, 0.6) is 0 Å². The molecule has 4 rings (SSSR count). The SMILES string of the molecule is CCCCSNc1ccc(C(F)(F)F)cc1C(=O)NC12CCC(C#N)(CC1)CC2. The van der Waals surface area contributed by atoms with Gasteiger partial charge in [0.15, 0.2) is 0 Å². The Kier molecular flexibility index (Phi) is 6.37. The fourth-order valence-electron chi connectivity index (χ4n) is 4.19. The molecular weight excluding hydrogens is 399 g/mol. The molecule has 0 atom stereocenters. The van der Waals surface area contributed by atoms with E-state index in [2.05, 4.69) is 23.0 Å². The molecule has 1 aromatic rings. The van der Waals surface area contributed by atoms with Crippen LogP contribution in [0.15, 0.2) is 18.2 Å². The van der Waals surface area contributed by atoms with Crippen molar-refractivity contribution in [2.45, 2.75) is 70.0 Å². The Morgan fingerprint density at radius 3 is 2.41 bits per heavy atom. The van der Waals surface area contributed by atoms with E-state index < -0.39 is 23.2 Å². The maximum atomic E-state index is 13.2. The quantitative estimate of drug-likeness (QED) is 0.421. The molecule has 8 heteroatoms. The van der Waals surface area contributed by atoms with Gasteiger partial charge in [-0.2, -0.15) is 18.4 Å². The molecular formula is C21H26F3N3OS. The number of nitriles is 1. The number of alkyl halides is 3. The van der Waals surface area contributed by atoms with E-state index in [0.717, 1.165) is 50.0 Å². The summed E-state index contributed by atoms with van der Waals surface area (Å²) in [5.74, 6) is 0.319. The van der Waals surface area contributed by atoms with E-state index >= 15 is 0 Å². The number of fused-ring (bicyclic) bond motifs is 3. The number of unbranched alkanes of at least 4 members (excludes halogenated alkanes) is 1. The molecule has 2 N–H and O–H groups in total. The van der Waals surface area contributed by atoms with Gasteiger partial charge in [-0.1, -0.05) is 25.3 Å². The minimum absolute atomic E-state index is 0.0147. The van der Waals surface area contributed by atoms with Crippen LogP contribution >= 0.6 is 11.9 Å². The Balaban J connectivity index is 1.79. The minimum Gasteiger partial charge on any atom is -0.347 e. The predicted octanol–water partition coefficient (Wildman–Crippen LogP) is 5.91. The molecule has 0 aromatic heterocycles. The van der Waals surface area contributed by atoms with Gasteiger partial charge in [-0.25, -0.2) is 0 Å². The highest BCUT2D eigenvalue weighted by Crippen LogP contribution is 2.52. The largest absolute Gasteiger partial charge is 0.416 e. The zero-order valence-electron chi connectivity index (χ0n) is 16.5. The smallest absolute Gasteiger partial charge is 0.347 e. The standard InChI is InChI=1S/C21H26F3N3OS/c1-2-3-12-29-27-17-5-4-15(21(22,23)24)13-16(17)18(28)26-20-9-6-19(14-25,7-10-20)8-11-20/h4-5,13,27H,2-3,6-12H2,1H3,(H,26,28). The van der Waals surface area contributed by atoms with Gasteiger partial charge in [0.1, 0.15) is 0 Å². The molecule has 4 nitrogen and oxygen atoms in total. The zero-order chi connectivity index (χ0) is 21.1. The van der Waals surface area contributed by atoms with Crippen LogP contribution in [0.2, 0.25) is 0 Å². The molecule has 0 aliphatic heterocycles. The van der Waals surface area contributed by atoms with Gasteiger partial charge in [0, 0.05) is 11.3 Å². The molecule has 1 amide bonds. The molecule has 3 aliphatic rings. The first-order valence-electron chi connectivity index (χ1n) is 10.1. The second-order valence-electron chi connectivity index (χ2n) is 8.19. The second-order valence-corrected chi connectivity index (χ2v) is 9.09. The van der Waals surface area contributed by atoms with E-state index in [9.17, 15) is 23.2 Å². The highest BCUT2D eigenvalue weighted by molar-refractivity contribution is 8.00. The summed E-state index contributed by atoms with van der Waals surface area (Å²) in [6.07, 6.45) is 1.74. The van der Waals surface area contributed by atoms with Crippen molar-refractivity contribution in [2.75, 3.05) is 10.5 Å². The Labute approximate surface area is 173 Å². The summed E-state index contributed by atoms with van der Waals surface area (Å²) >= 11 is 1.39. The molecule has 1 aromatic carbocycles.